The Bertz CT molecular complexity index is 1130. The van der Waals surface area contributed by atoms with Gasteiger partial charge in [-0.15, -0.1) is 0 Å². The zero-order valence-electron chi connectivity index (χ0n) is 18.2. The van der Waals surface area contributed by atoms with Crippen molar-refractivity contribution in [3.05, 3.63) is 96.4 Å². The van der Waals surface area contributed by atoms with Crippen LogP contribution >= 0.6 is 0 Å². The van der Waals surface area contributed by atoms with Crippen LogP contribution in [-0.4, -0.2) is 40.9 Å². The molecule has 0 aliphatic carbocycles. The Labute approximate surface area is 193 Å². The lowest BCUT2D eigenvalue weighted by atomic mass is 10.1. The quantitative estimate of drug-likeness (QED) is 0.393. The number of hydrogen-bond donors (Lipinski definition) is 3. The molecule has 2 aromatic heterocycles. The average Bonchev–Trinajstić information content (AvgIpc) is 3.43. The lowest BCUT2D eigenvalue weighted by Crippen LogP contribution is -2.40. The van der Waals surface area contributed by atoms with E-state index in [4.69, 9.17) is 10.00 Å². The number of nitriles is 1. The summed E-state index contributed by atoms with van der Waals surface area (Å²) in [4.78, 5) is 4.44. The SMILES string of the molecule is N#Cc1ccc(CCNC[C@@H]2CNc3cc(-c4cn[nH]c4)cnc3O2)cc1.c1ccccc1. The number of anilines is 1. The van der Waals surface area contributed by atoms with Crippen LogP contribution in [0.25, 0.3) is 11.1 Å². The first-order valence-electron chi connectivity index (χ1n) is 10.9. The standard InChI is InChI=1S/C20H20N6O.C6H6/c21-8-15-3-1-14(2-4-15)5-6-22-12-18-13-23-19-7-16(9-24-20(19)27-18)17-10-25-26-11-17;1-2-4-6-5-3-1/h1-4,7,9-11,18,22-23H,5-6,12-13H2,(H,25,26);1-6H/t18-;/m1./s1. The van der Waals surface area contributed by atoms with Crippen molar-refractivity contribution in [2.24, 2.45) is 0 Å². The Morgan fingerprint density at radius 3 is 2.45 bits per heavy atom. The molecule has 4 aromatic rings. The number of aromatic amines is 1. The maximum absolute atomic E-state index is 8.83. The Balaban J connectivity index is 0.000000376. The summed E-state index contributed by atoms with van der Waals surface area (Å²) < 4.78 is 5.99. The first-order chi connectivity index (χ1) is 16.3. The van der Waals surface area contributed by atoms with Crippen molar-refractivity contribution in [3.63, 3.8) is 0 Å². The molecule has 1 aliphatic rings. The van der Waals surface area contributed by atoms with Gasteiger partial charge in [-0.2, -0.15) is 10.4 Å². The van der Waals surface area contributed by atoms with Gasteiger partial charge in [0, 0.05) is 30.1 Å². The summed E-state index contributed by atoms with van der Waals surface area (Å²) in [5.74, 6) is 0.632. The van der Waals surface area contributed by atoms with E-state index >= 15 is 0 Å². The summed E-state index contributed by atoms with van der Waals surface area (Å²) in [5, 5.41) is 22.4. The number of benzene rings is 2. The van der Waals surface area contributed by atoms with E-state index in [1.54, 1.807) is 12.4 Å². The van der Waals surface area contributed by atoms with Gasteiger partial charge in [0.1, 0.15) is 6.10 Å². The van der Waals surface area contributed by atoms with Crippen LogP contribution in [0.4, 0.5) is 5.69 Å². The van der Waals surface area contributed by atoms with E-state index in [2.05, 4.69) is 31.9 Å². The van der Waals surface area contributed by atoms with Crippen LogP contribution in [0.5, 0.6) is 5.88 Å². The number of nitrogens with one attached hydrogen (secondary N) is 3. The number of H-pyrrole nitrogens is 1. The zero-order chi connectivity index (χ0) is 22.7. The van der Waals surface area contributed by atoms with E-state index in [9.17, 15) is 0 Å². The number of hydrogen-bond acceptors (Lipinski definition) is 6. The summed E-state index contributed by atoms with van der Waals surface area (Å²) in [5.41, 5.74) is 4.80. The van der Waals surface area contributed by atoms with Gasteiger partial charge in [0.15, 0.2) is 0 Å². The van der Waals surface area contributed by atoms with E-state index in [1.807, 2.05) is 72.9 Å². The zero-order valence-corrected chi connectivity index (χ0v) is 18.2. The fourth-order valence-electron chi connectivity index (χ4n) is 3.40. The van der Waals surface area contributed by atoms with Crippen molar-refractivity contribution >= 4 is 5.69 Å². The van der Waals surface area contributed by atoms with E-state index in [1.165, 1.54) is 5.56 Å². The highest BCUT2D eigenvalue weighted by Crippen LogP contribution is 2.30. The van der Waals surface area contributed by atoms with E-state index < -0.39 is 0 Å². The molecule has 166 valence electrons. The molecule has 5 rings (SSSR count). The van der Waals surface area contributed by atoms with E-state index in [-0.39, 0.29) is 6.10 Å². The third-order valence-electron chi connectivity index (χ3n) is 5.19. The van der Waals surface area contributed by atoms with Crippen LogP contribution in [0, 0.1) is 11.3 Å². The third kappa shape index (κ3) is 6.42. The van der Waals surface area contributed by atoms with Crippen molar-refractivity contribution in [1.82, 2.24) is 20.5 Å². The second-order valence-electron chi connectivity index (χ2n) is 7.60. The molecule has 0 amide bonds. The van der Waals surface area contributed by atoms with Gasteiger partial charge >= 0.3 is 0 Å². The molecule has 0 unspecified atom stereocenters. The summed E-state index contributed by atoms with van der Waals surface area (Å²) in [6.07, 6.45) is 6.35. The molecule has 1 aliphatic heterocycles. The van der Waals surface area contributed by atoms with E-state index in [0.29, 0.717) is 11.4 Å². The molecule has 1 atom stereocenters. The Morgan fingerprint density at radius 2 is 1.79 bits per heavy atom. The van der Waals surface area contributed by atoms with Crippen LogP contribution in [-0.2, 0) is 6.42 Å². The smallest absolute Gasteiger partial charge is 0.237 e. The van der Waals surface area contributed by atoms with Crippen LogP contribution in [0.15, 0.2) is 85.3 Å². The maximum atomic E-state index is 8.83. The predicted octanol–water partition coefficient (Wildman–Crippen LogP) is 4.04. The van der Waals surface area contributed by atoms with Gasteiger partial charge in [-0.05, 0) is 36.7 Å². The van der Waals surface area contributed by atoms with Gasteiger partial charge in [-0.3, -0.25) is 5.10 Å². The fraction of sp³-hybridized carbons (Fsp3) is 0.192. The largest absolute Gasteiger partial charge is 0.470 e. The van der Waals surface area contributed by atoms with Crippen molar-refractivity contribution in [2.75, 3.05) is 25.0 Å². The molecule has 0 radical (unpaired) electrons. The lowest BCUT2D eigenvalue weighted by molar-refractivity contribution is 0.194. The number of pyridine rings is 1. The second-order valence-corrected chi connectivity index (χ2v) is 7.60. The first-order valence-corrected chi connectivity index (χ1v) is 10.9. The van der Waals surface area contributed by atoms with Crippen LogP contribution < -0.4 is 15.4 Å². The van der Waals surface area contributed by atoms with Gasteiger partial charge in [-0.25, -0.2) is 4.98 Å². The summed E-state index contributed by atoms with van der Waals surface area (Å²) in [6.45, 7) is 2.33. The van der Waals surface area contributed by atoms with Gasteiger partial charge in [-0.1, -0.05) is 48.5 Å². The minimum absolute atomic E-state index is 0.0331. The predicted molar refractivity (Wildman–Crippen MR) is 129 cm³/mol. The van der Waals surface area contributed by atoms with Gasteiger partial charge in [0.2, 0.25) is 5.88 Å². The summed E-state index contributed by atoms with van der Waals surface area (Å²) in [7, 11) is 0. The van der Waals surface area contributed by atoms with Gasteiger partial charge < -0.3 is 15.4 Å². The van der Waals surface area contributed by atoms with Gasteiger partial charge in [0.25, 0.3) is 0 Å². The van der Waals surface area contributed by atoms with Gasteiger partial charge in [0.05, 0.1) is 30.1 Å². The van der Waals surface area contributed by atoms with Crippen molar-refractivity contribution in [1.29, 1.82) is 5.26 Å². The molecule has 0 fully saturated rings. The minimum Gasteiger partial charge on any atom is -0.470 e. The fourth-order valence-corrected chi connectivity index (χ4v) is 3.40. The van der Waals surface area contributed by atoms with Crippen molar-refractivity contribution in [3.8, 4) is 23.1 Å². The van der Waals surface area contributed by atoms with Crippen molar-refractivity contribution < 1.29 is 4.74 Å². The molecule has 33 heavy (non-hydrogen) atoms. The first kappa shape index (κ1) is 22.1. The van der Waals surface area contributed by atoms with Crippen LogP contribution in [0.3, 0.4) is 0 Å². The highest BCUT2D eigenvalue weighted by Gasteiger charge is 2.20. The molecule has 0 saturated heterocycles. The molecule has 3 N–H and O–H groups in total. The Kier molecular flexibility index (Phi) is 7.66. The number of nitrogens with zero attached hydrogens (tertiary/aromatic N) is 3. The molecule has 2 aromatic carbocycles. The number of fused-ring (bicyclic) bond motifs is 1. The minimum atomic E-state index is 0.0331. The third-order valence-corrected chi connectivity index (χ3v) is 5.19. The van der Waals surface area contributed by atoms with Crippen molar-refractivity contribution in [2.45, 2.75) is 12.5 Å². The summed E-state index contributed by atoms with van der Waals surface area (Å²) >= 11 is 0. The Hall–Kier alpha value is -4.15. The average molecular weight is 439 g/mol. The number of rotatable bonds is 6. The number of aromatic nitrogens is 3. The van der Waals surface area contributed by atoms with Crippen LogP contribution in [0.1, 0.15) is 11.1 Å². The molecule has 7 nitrogen and oxygen atoms in total. The topological polar surface area (TPSA) is 98.7 Å². The molecule has 0 spiro atoms. The monoisotopic (exact) mass is 438 g/mol. The highest BCUT2D eigenvalue weighted by atomic mass is 16.5. The van der Waals surface area contributed by atoms with Crippen LogP contribution in [0.2, 0.25) is 0 Å². The number of ether oxygens (including phenoxy) is 1. The molecule has 7 heteroatoms. The highest BCUT2D eigenvalue weighted by molar-refractivity contribution is 5.69. The second kappa shape index (κ2) is 11.5. The summed E-state index contributed by atoms with van der Waals surface area (Å²) in [6, 6.07) is 23.9. The maximum Gasteiger partial charge on any atom is 0.237 e. The molecule has 0 saturated carbocycles. The Morgan fingerprint density at radius 1 is 1.03 bits per heavy atom. The molecular weight excluding hydrogens is 412 g/mol. The molecule has 0 bridgehead atoms. The molecular formula is C26H26N6O. The lowest BCUT2D eigenvalue weighted by Gasteiger charge is -2.27. The van der Waals surface area contributed by atoms with E-state index in [0.717, 1.165) is 42.9 Å². The normalized spacial score (nSPS) is 14.0. The molecule has 3 heterocycles.